The number of hydrogen-bond donors (Lipinski definition) is 0. The molecule has 0 aliphatic heterocycles. The van der Waals surface area contributed by atoms with E-state index in [1.165, 1.54) is 0 Å². The minimum atomic E-state index is -1.33. The monoisotopic (exact) mass is 239 g/mol. The Morgan fingerprint density at radius 3 is 1.87 bits per heavy atom. The number of halogens is 1. The summed E-state index contributed by atoms with van der Waals surface area (Å²) in [4.78, 5) is 10.4. The fourth-order valence-electron chi connectivity index (χ4n) is 0.569. The van der Waals surface area contributed by atoms with Crippen LogP contribution in [0, 0.1) is 11.0 Å². The van der Waals surface area contributed by atoms with Crippen molar-refractivity contribution in [3.05, 3.63) is 35.9 Å². The van der Waals surface area contributed by atoms with E-state index in [-0.39, 0.29) is 0 Å². The summed E-state index contributed by atoms with van der Waals surface area (Å²) in [7, 11) is -1.33. The van der Waals surface area contributed by atoms with Crippen LogP contribution in [-0.2, 0) is 0 Å². The van der Waals surface area contributed by atoms with E-state index < -0.39 is 13.3 Å². The van der Waals surface area contributed by atoms with Crippen molar-refractivity contribution in [2.75, 3.05) is 0 Å². The highest BCUT2D eigenvalue weighted by Crippen LogP contribution is 2.01. The van der Waals surface area contributed by atoms with Crippen LogP contribution in [0.15, 0.2) is 30.3 Å². The van der Waals surface area contributed by atoms with Gasteiger partial charge < -0.3 is 0 Å². The Hall–Kier alpha value is -1.11. The van der Waals surface area contributed by atoms with E-state index in [9.17, 15) is 4.79 Å². The van der Waals surface area contributed by atoms with E-state index in [1.54, 1.807) is 24.3 Å². The van der Waals surface area contributed by atoms with Crippen molar-refractivity contribution < 1.29 is 4.79 Å². The van der Waals surface area contributed by atoms with E-state index >= 15 is 0 Å². The molecule has 0 radical (unpaired) electrons. The fourth-order valence-corrected chi connectivity index (χ4v) is 0.695. The van der Waals surface area contributed by atoms with Crippen LogP contribution in [0.5, 0.6) is 0 Å². The zero-order valence-corrected chi connectivity index (χ0v) is 10.9. The van der Waals surface area contributed by atoms with Crippen LogP contribution in [0.25, 0.3) is 0 Å². The molecular weight excluding hydrogens is 226 g/mol. The molecule has 0 bridgehead atoms. The molecule has 80 valence electrons. The van der Waals surface area contributed by atoms with Crippen molar-refractivity contribution in [2.45, 2.75) is 19.6 Å². The third kappa shape index (κ3) is 7.92. The summed E-state index contributed by atoms with van der Waals surface area (Å²) >= 11 is 5.16. The highest BCUT2D eigenvalue weighted by Gasteiger charge is 2.09. The van der Waals surface area contributed by atoms with Crippen LogP contribution >= 0.6 is 11.6 Å². The molecule has 1 aromatic carbocycles. The minimum absolute atomic E-state index is 0.407. The van der Waals surface area contributed by atoms with Gasteiger partial charge in [0.15, 0.2) is 8.07 Å². The molecule has 0 aliphatic carbocycles. The predicted octanol–water partition coefficient (Wildman–Crippen LogP) is 3.45. The Morgan fingerprint density at radius 2 is 1.67 bits per heavy atom. The third-order valence-electron chi connectivity index (χ3n) is 1.34. The lowest BCUT2D eigenvalue weighted by molar-refractivity contribution is 0.108. The Kier molecular flexibility index (Phi) is 5.91. The summed E-state index contributed by atoms with van der Waals surface area (Å²) in [5.74, 6) is 0. The van der Waals surface area contributed by atoms with E-state index in [0.29, 0.717) is 5.56 Å². The first-order chi connectivity index (χ1) is 6.87. The highest BCUT2D eigenvalue weighted by atomic mass is 35.5. The van der Waals surface area contributed by atoms with Crippen molar-refractivity contribution in [1.82, 2.24) is 0 Å². The average molecular weight is 240 g/mol. The van der Waals surface area contributed by atoms with Gasteiger partial charge in [-0.2, -0.15) is 0 Å². The molecule has 15 heavy (non-hydrogen) atoms. The molecule has 0 N–H and O–H groups in total. The maximum atomic E-state index is 10.4. The van der Waals surface area contributed by atoms with Crippen LogP contribution in [0.4, 0.5) is 0 Å². The molecule has 0 heterocycles. The SMILES string of the molecule is C[Si](C)(C)C#N.O=C(Cl)c1ccccc1. The van der Waals surface area contributed by atoms with Gasteiger partial charge >= 0.3 is 0 Å². The van der Waals surface area contributed by atoms with Crippen molar-refractivity contribution >= 4 is 24.9 Å². The molecule has 0 saturated heterocycles. The van der Waals surface area contributed by atoms with Crippen LogP contribution in [-0.4, -0.2) is 13.3 Å². The fraction of sp³-hybridized carbons (Fsp3) is 0.273. The smallest absolute Gasteiger partial charge is 0.252 e. The van der Waals surface area contributed by atoms with E-state index in [4.69, 9.17) is 16.9 Å². The lowest BCUT2D eigenvalue weighted by atomic mass is 10.2. The molecule has 0 unspecified atom stereocenters. The summed E-state index contributed by atoms with van der Waals surface area (Å²) in [6, 6.07) is 8.74. The van der Waals surface area contributed by atoms with Gasteiger partial charge in [0.05, 0.1) is 0 Å². The Morgan fingerprint density at radius 1 is 1.27 bits per heavy atom. The molecule has 1 aromatic rings. The van der Waals surface area contributed by atoms with Crippen LogP contribution in [0.1, 0.15) is 10.4 Å². The number of hydrogen-bond acceptors (Lipinski definition) is 2. The number of benzene rings is 1. The van der Waals surface area contributed by atoms with Crippen LogP contribution < -0.4 is 0 Å². The third-order valence-corrected chi connectivity index (χ3v) is 2.23. The molecule has 0 spiro atoms. The average Bonchev–Trinajstić information content (AvgIpc) is 2.19. The summed E-state index contributed by atoms with van der Waals surface area (Å²) in [6.07, 6.45) is 0. The number of rotatable bonds is 1. The molecule has 0 aliphatic rings. The van der Waals surface area contributed by atoms with Gasteiger partial charge in [-0.1, -0.05) is 50.0 Å². The zero-order chi connectivity index (χ0) is 11.9. The van der Waals surface area contributed by atoms with Crippen molar-refractivity contribution in [3.8, 4) is 5.69 Å². The maximum absolute atomic E-state index is 10.4. The first-order valence-corrected chi connectivity index (χ1v) is 8.41. The van der Waals surface area contributed by atoms with Crippen LogP contribution in [0.3, 0.4) is 0 Å². The molecule has 0 amide bonds. The number of nitriles is 1. The Bertz CT molecular complexity index is 351. The largest absolute Gasteiger partial charge is 0.276 e. The topological polar surface area (TPSA) is 40.9 Å². The van der Waals surface area contributed by atoms with E-state index in [0.717, 1.165) is 0 Å². The zero-order valence-electron chi connectivity index (χ0n) is 9.12. The van der Waals surface area contributed by atoms with E-state index in [2.05, 4.69) is 5.69 Å². The van der Waals surface area contributed by atoms with Gasteiger partial charge in [-0.05, 0) is 11.6 Å². The molecule has 1 rings (SSSR count). The summed E-state index contributed by atoms with van der Waals surface area (Å²) < 4.78 is 0. The molecular formula is C11H14ClNOSi. The van der Waals surface area contributed by atoms with Gasteiger partial charge in [0, 0.05) is 11.3 Å². The lowest BCUT2D eigenvalue weighted by Crippen LogP contribution is -2.15. The van der Waals surface area contributed by atoms with Gasteiger partial charge in [0.2, 0.25) is 0 Å². The van der Waals surface area contributed by atoms with Crippen LogP contribution in [0.2, 0.25) is 19.6 Å². The molecule has 0 aromatic heterocycles. The summed E-state index contributed by atoms with van der Waals surface area (Å²) in [5.41, 5.74) is 2.78. The molecule has 4 heteroatoms. The van der Waals surface area contributed by atoms with Crippen molar-refractivity contribution in [1.29, 1.82) is 5.26 Å². The van der Waals surface area contributed by atoms with E-state index in [1.807, 2.05) is 25.7 Å². The normalized spacial score (nSPS) is 9.53. The quantitative estimate of drug-likeness (QED) is 0.556. The van der Waals surface area contributed by atoms with Crippen molar-refractivity contribution in [3.63, 3.8) is 0 Å². The first-order valence-electron chi connectivity index (χ1n) is 4.53. The second kappa shape index (κ2) is 6.39. The van der Waals surface area contributed by atoms with Gasteiger partial charge in [0.1, 0.15) is 0 Å². The van der Waals surface area contributed by atoms with Gasteiger partial charge in [-0.3, -0.25) is 4.79 Å². The van der Waals surface area contributed by atoms with Crippen molar-refractivity contribution in [2.24, 2.45) is 0 Å². The number of carbonyl (C=O) groups is 1. The van der Waals surface area contributed by atoms with Gasteiger partial charge in [0.25, 0.3) is 5.24 Å². The number of carbonyl (C=O) groups excluding carboxylic acids is 1. The Balaban J connectivity index is 0.000000288. The van der Waals surface area contributed by atoms with Gasteiger partial charge in [-0.25, -0.2) is 5.26 Å². The lowest BCUT2D eigenvalue weighted by Gasteiger charge is -1.96. The second-order valence-electron chi connectivity index (χ2n) is 4.00. The standard InChI is InChI=1S/C7H5ClO.C4H9NSi/c8-7(9)6-4-2-1-3-5-6;1-6(2,3)4-5/h1-5H;1-3H3. The molecule has 0 saturated carbocycles. The number of nitrogens with zero attached hydrogens (tertiary/aromatic N) is 1. The Labute approximate surface area is 96.5 Å². The minimum Gasteiger partial charge on any atom is -0.276 e. The highest BCUT2D eigenvalue weighted by molar-refractivity contribution is 6.83. The molecule has 0 atom stereocenters. The first kappa shape index (κ1) is 13.9. The second-order valence-corrected chi connectivity index (χ2v) is 9.07. The van der Waals surface area contributed by atoms with Gasteiger partial charge in [-0.15, -0.1) is 0 Å². The predicted molar refractivity (Wildman–Crippen MR) is 65.6 cm³/mol. The summed E-state index contributed by atoms with van der Waals surface area (Å²) in [6.45, 7) is 6.06. The summed E-state index contributed by atoms with van der Waals surface area (Å²) in [5, 5.41) is 7.81. The maximum Gasteiger partial charge on any atom is 0.252 e. The molecule has 0 fully saturated rings. The molecule has 2 nitrogen and oxygen atoms in total.